The molecule has 2 rings (SSSR count). The van der Waals surface area contributed by atoms with Crippen LogP contribution in [0, 0.1) is 24.0 Å². The summed E-state index contributed by atoms with van der Waals surface area (Å²) in [6.07, 6.45) is 1.63. The molecule has 22 heavy (non-hydrogen) atoms. The topological polar surface area (TPSA) is 98.5 Å². The fraction of sp³-hybridized carbons (Fsp3) is 0.143. The predicted molar refractivity (Wildman–Crippen MR) is 89.4 cm³/mol. The Hall–Kier alpha value is -2.74. The van der Waals surface area contributed by atoms with Crippen molar-refractivity contribution in [1.82, 2.24) is 9.99 Å². The van der Waals surface area contributed by atoms with E-state index in [-0.39, 0.29) is 10.8 Å². The summed E-state index contributed by atoms with van der Waals surface area (Å²) in [7, 11) is 0. The van der Waals surface area contributed by atoms with E-state index in [1.165, 1.54) is 12.1 Å². The van der Waals surface area contributed by atoms with E-state index in [0.29, 0.717) is 0 Å². The number of hydrogen-bond donors (Lipinski definition) is 2. The summed E-state index contributed by atoms with van der Waals surface area (Å²) in [6, 6.07) is 8.35. The maximum absolute atomic E-state index is 10.7. The number of nitro benzene ring substituents is 1. The molecular formula is C14H15N5O2S. The Bertz CT molecular complexity index is 749. The van der Waals surface area contributed by atoms with E-state index in [1.54, 1.807) is 18.3 Å². The van der Waals surface area contributed by atoms with E-state index in [0.717, 1.165) is 22.6 Å². The van der Waals surface area contributed by atoms with Gasteiger partial charge in [-0.25, -0.2) is 0 Å². The summed E-state index contributed by atoms with van der Waals surface area (Å²) < 4.78 is 1.99. The van der Waals surface area contributed by atoms with Gasteiger partial charge in [-0.2, -0.15) is 5.10 Å². The number of aryl methyl sites for hydroxylation is 1. The van der Waals surface area contributed by atoms with Gasteiger partial charge >= 0.3 is 0 Å². The molecule has 7 nitrogen and oxygen atoms in total. The normalized spacial score (nSPS) is 10.8. The van der Waals surface area contributed by atoms with Crippen LogP contribution in [-0.4, -0.2) is 20.8 Å². The second-order valence-electron chi connectivity index (χ2n) is 4.67. The van der Waals surface area contributed by atoms with E-state index in [9.17, 15) is 10.1 Å². The first-order valence-electron chi connectivity index (χ1n) is 6.42. The van der Waals surface area contributed by atoms with E-state index < -0.39 is 4.92 Å². The Balaban J connectivity index is 2.35. The van der Waals surface area contributed by atoms with E-state index in [1.807, 2.05) is 24.5 Å². The van der Waals surface area contributed by atoms with Gasteiger partial charge in [-0.1, -0.05) is 0 Å². The van der Waals surface area contributed by atoms with Gasteiger partial charge in [0.05, 0.1) is 11.1 Å². The first kappa shape index (κ1) is 15.6. The first-order valence-corrected chi connectivity index (χ1v) is 6.83. The third-order valence-corrected chi connectivity index (χ3v) is 3.26. The number of nitrogens with one attached hydrogen (secondary N) is 1. The summed E-state index contributed by atoms with van der Waals surface area (Å²) in [5.41, 5.74) is 11.6. The van der Waals surface area contributed by atoms with Gasteiger partial charge in [0.2, 0.25) is 0 Å². The molecule has 0 amide bonds. The van der Waals surface area contributed by atoms with Crippen molar-refractivity contribution in [1.29, 1.82) is 0 Å². The minimum absolute atomic E-state index is 0.0636. The van der Waals surface area contributed by atoms with Crippen molar-refractivity contribution in [3.8, 4) is 5.69 Å². The van der Waals surface area contributed by atoms with Gasteiger partial charge < -0.3 is 10.3 Å². The van der Waals surface area contributed by atoms with Crippen molar-refractivity contribution in [3.05, 3.63) is 57.4 Å². The maximum atomic E-state index is 10.7. The Morgan fingerprint density at radius 2 is 2.05 bits per heavy atom. The zero-order valence-electron chi connectivity index (χ0n) is 12.1. The lowest BCUT2D eigenvalue weighted by Gasteiger charge is -2.09. The van der Waals surface area contributed by atoms with Crippen molar-refractivity contribution in [3.63, 3.8) is 0 Å². The van der Waals surface area contributed by atoms with Gasteiger partial charge in [-0.3, -0.25) is 15.5 Å². The Morgan fingerprint density at radius 3 is 2.59 bits per heavy atom. The molecule has 1 heterocycles. The van der Waals surface area contributed by atoms with Crippen molar-refractivity contribution in [2.75, 3.05) is 0 Å². The molecule has 0 fully saturated rings. The number of thiocarbonyl (C=S) groups is 1. The molecule has 0 aliphatic rings. The zero-order chi connectivity index (χ0) is 16.3. The molecule has 1 aromatic heterocycles. The lowest BCUT2D eigenvalue weighted by molar-refractivity contribution is -0.384. The average Bonchev–Trinajstić information content (AvgIpc) is 2.73. The molecule has 0 radical (unpaired) electrons. The summed E-state index contributed by atoms with van der Waals surface area (Å²) in [5.74, 6) is 0. The van der Waals surface area contributed by atoms with Crippen LogP contribution >= 0.6 is 12.2 Å². The SMILES string of the molecule is Cc1cc(C=NNC(N)=S)c(C)n1-c1ccc([N+](=O)[O-])cc1. The molecule has 0 unspecified atom stereocenters. The van der Waals surface area contributed by atoms with Crippen LogP contribution in [0.3, 0.4) is 0 Å². The molecule has 0 saturated heterocycles. The molecule has 0 bridgehead atoms. The average molecular weight is 317 g/mol. The van der Waals surface area contributed by atoms with Crippen LogP contribution in [0.15, 0.2) is 35.4 Å². The molecule has 0 aliphatic carbocycles. The minimum Gasteiger partial charge on any atom is -0.375 e. The monoisotopic (exact) mass is 317 g/mol. The molecule has 8 heteroatoms. The van der Waals surface area contributed by atoms with E-state index in [2.05, 4.69) is 22.7 Å². The number of aromatic nitrogens is 1. The number of non-ortho nitro benzene ring substituents is 1. The van der Waals surface area contributed by atoms with Crippen LogP contribution in [-0.2, 0) is 0 Å². The molecule has 0 spiro atoms. The lowest BCUT2D eigenvalue weighted by Crippen LogP contribution is -2.24. The van der Waals surface area contributed by atoms with Crippen LogP contribution in [0.1, 0.15) is 17.0 Å². The van der Waals surface area contributed by atoms with Gasteiger partial charge in [0.1, 0.15) is 0 Å². The highest BCUT2D eigenvalue weighted by Crippen LogP contribution is 2.21. The highest BCUT2D eigenvalue weighted by atomic mass is 32.1. The molecule has 1 aromatic carbocycles. The lowest BCUT2D eigenvalue weighted by atomic mass is 10.2. The number of hydrazone groups is 1. The second kappa shape index (κ2) is 6.35. The van der Waals surface area contributed by atoms with Crippen LogP contribution in [0.5, 0.6) is 0 Å². The van der Waals surface area contributed by atoms with Crippen LogP contribution in [0.25, 0.3) is 5.69 Å². The van der Waals surface area contributed by atoms with Gasteiger partial charge in [0.25, 0.3) is 5.69 Å². The molecule has 2 aromatic rings. The fourth-order valence-corrected chi connectivity index (χ4v) is 2.26. The van der Waals surface area contributed by atoms with Crippen molar-refractivity contribution in [2.45, 2.75) is 13.8 Å². The van der Waals surface area contributed by atoms with E-state index >= 15 is 0 Å². The fourth-order valence-electron chi connectivity index (χ4n) is 2.20. The number of benzene rings is 1. The third-order valence-electron chi connectivity index (χ3n) is 3.17. The van der Waals surface area contributed by atoms with Crippen molar-refractivity contribution < 1.29 is 4.92 Å². The molecule has 0 aliphatic heterocycles. The smallest absolute Gasteiger partial charge is 0.269 e. The first-order chi connectivity index (χ1) is 10.4. The Labute approximate surface area is 132 Å². The summed E-state index contributed by atoms with van der Waals surface area (Å²) >= 11 is 4.68. The molecule has 114 valence electrons. The molecular weight excluding hydrogens is 302 g/mol. The highest BCUT2D eigenvalue weighted by molar-refractivity contribution is 7.80. The van der Waals surface area contributed by atoms with Gasteiger partial charge in [-0.15, -0.1) is 0 Å². The predicted octanol–water partition coefficient (Wildman–Crippen LogP) is 2.17. The third kappa shape index (κ3) is 3.29. The standard InChI is InChI=1S/C14H15N5O2S/c1-9-7-11(8-16-17-14(15)22)10(2)18(9)12-3-5-13(6-4-12)19(20)21/h3-8H,1-2H3,(H3,15,17,22). The molecule has 0 atom stereocenters. The van der Waals surface area contributed by atoms with Crippen molar-refractivity contribution >= 4 is 29.2 Å². The minimum atomic E-state index is -0.418. The molecule has 3 N–H and O–H groups in total. The molecule has 0 saturated carbocycles. The van der Waals surface area contributed by atoms with Crippen molar-refractivity contribution in [2.24, 2.45) is 10.8 Å². The van der Waals surface area contributed by atoms with Crippen LogP contribution in [0.2, 0.25) is 0 Å². The number of nitrogens with two attached hydrogens (primary N) is 1. The van der Waals surface area contributed by atoms with Crippen LogP contribution in [0.4, 0.5) is 5.69 Å². The Morgan fingerprint density at radius 1 is 1.41 bits per heavy atom. The van der Waals surface area contributed by atoms with E-state index in [4.69, 9.17) is 5.73 Å². The number of nitro groups is 1. The second-order valence-corrected chi connectivity index (χ2v) is 5.11. The van der Waals surface area contributed by atoms with Crippen LogP contribution < -0.4 is 11.2 Å². The zero-order valence-corrected chi connectivity index (χ0v) is 12.9. The largest absolute Gasteiger partial charge is 0.375 e. The van der Waals surface area contributed by atoms with Gasteiger partial charge in [0.15, 0.2) is 5.11 Å². The summed E-state index contributed by atoms with van der Waals surface area (Å²) in [4.78, 5) is 10.3. The Kier molecular flexibility index (Phi) is 4.52. The van der Waals surface area contributed by atoms with Gasteiger partial charge in [0, 0.05) is 34.8 Å². The summed E-state index contributed by atoms with van der Waals surface area (Å²) in [6.45, 7) is 3.89. The number of nitrogens with zero attached hydrogens (tertiary/aromatic N) is 3. The number of rotatable bonds is 4. The highest BCUT2D eigenvalue weighted by Gasteiger charge is 2.11. The number of hydrogen-bond acceptors (Lipinski definition) is 4. The van der Waals surface area contributed by atoms with Gasteiger partial charge in [-0.05, 0) is 44.3 Å². The quantitative estimate of drug-likeness (QED) is 0.390. The summed E-state index contributed by atoms with van der Waals surface area (Å²) in [5, 5.41) is 14.8. The maximum Gasteiger partial charge on any atom is 0.269 e.